The van der Waals surface area contributed by atoms with Crippen LogP contribution in [0.4, 0.5) is 5.13 Å². The van der Waals surface area contributed by atoms with Crippen LogP contribution in [-0.4, -0.2) is 46.5 Å². The van der Waals surface area contributed by atoms with E-state index < -0.39 is 0 Å². The van der Waals surface area contributed by atoms with Crippen molar-refractivity contribution in [1.29, 1.82) is 0 Å². The van der Waals surface area contributed by atoms with Gasteiger partial charge >= 0.3 is 0 Å². The number of aryl methyl sites for hydroxylation is 2. The van der Waals surface area contributed by atoms with E-state index in [1.807, 2.05) is 25.2 Å². The summed E-state index contributed by atoms with van der Waals surface area (Å²) in [6.45, 7) is 4.70. The average molecular weight is 411 g/mol. The second-order valence-corrected chi connectivity index (χ2v) is 7.87. The van der Waals surface area contributed by atoms with Crippen molar-refractivity contribution in [2.45, 2.75) is 20.4 Å². The Bertz CT molecular complexity index is 1150. The van der Waals surface area contributed by atoms with Crippen molar-refractivity contribution >= 4 is 26.7 Å². The molecule has 29 heavy (non-hydrogen) atoms. The fourth-order valence-corrected chi connectivity index (χ4v) is 4.32. The van der Waals surface area contributed by atoms with Crippen LogP contribution in [-0.2, 0) is 6.54 Å². The average Bonchev–Trinajstić information content (AvgIpc) is 3.34. The molecule has 0 aliphatic heterocycles. The molecule has 0 aliphatic carbocycles. The fourth-order valence-electron chi connectivity index (χ4n) is 3.22. The van der Waals surface area contributed by atoms with Gasteiger partial charge < -0.3 is 14.4 Å². The van der Waals surface area contributed by atoms with Crippen LogP contribution >= 0.6 is 11.3 Å². The van der Waals surface area contributed by atoms with Crippen LogP contribution in [0.5, 0.6) is 11.5 Å². The summed E-state index contributed by atoms with van der Waals surface area (Å²) in [7, 11) is 5.22. The molecule has 8 nitrogen and oxygen atoms in total. The van der Waals surface area contributed by atoms with Crippen LogP contribution < -0.4 is 14.4 Å². The predicted octanol–water partition coefficient (Wildman–Crippen LogP) is 3.54. The Labute approximate surface area is 172 Å². The second-order valence-electron chi connectivity index (χ2n) is 6.86. The van der Waals surface area contributed by atoms with E-state index in [1.165, 1.54) is 15.8 Å². The summed E-state index contributed by atoms with van der Waals surface area (Å²) in [6.07, 6.45) is 0. The van der Waals surface area contributed by atoms with E-state index in [-0.39, 0.29) is 0 Å². The Morgan fingerprint density at radius 2 is 1.76 bits per heavy atom. The Morgan fingerprint density at radius 3 is 2.45 bits per heavy atom. The molecule has 150 valence electrons. The number of ether oxygens (including phenoxy) is 2. The van der Waals surface area contributed by atoms with E-state index >= 15 is 0 Å². The lowest BCUT2D eigenvalue weighted by Gasteiger charge is -2.15. The lowest BCUT2D eigenvalue weighted by molar-refractivity contribution is 0.393. The fraction of sp³-hybridized carbons (Fsp3) is 0.300. The first kappa shape index (κ1) is 19.1. The van der Waals surface area contributed by atoms with E-state index in [1.54, 1.807) is 30.2 Å². The summed E-state index contributed by atoms with van der Waals surface area (Å²) in [5, 5.41) is 13.1. The third kappa shape index (κ3) is 3.73. The van der Waals surface area contributed by atoms with Gasteiger partial charge in [-0.2, -0.15) is 4.68 Å². The van der Waals surface area contributed by atoms with Gasteiger partial charge in [0.1, 0.15) is 11.5 Å². The Kier molecular flexibility index (Phi) is 5.06. The van der Waals surface area contributed by atoms with Crippen LogP contribution in [0, 0.1) is 13.8 Å². The van der Waals surface area contributed by atoms with Gasteiger partial charge in [-0.3, -0.25) is 0 Å². The Morgan fingerprint density at radius 1 is 1.03 bits per heavy atom. The Hall–Kier alpha value is -3.20. The zero-order valence-corrected chi connectivity index (χ0v) is 17.8. The molecule has 2 heterocycles. The Balaban J connectivity index is 1.65. The summed E-state index contributed by atoms with van der Waals surface area (Å²) in [5.41, 5.74) is 4.23. The van der Waals surface area contributed by atoms with E-state index in [4.69, 9.17) is 14.5 Å². The predicted molar refractivity (Wildman–Crippen MR) is 113 cm³/mol. The summed E-state index contributed by atoms with van der Waals surface area (Å²) in [4.78, 5) is 6.87. The highest BCUT2D eigenvalue weighted by atomic mass is 32.1. The normalized spacial score (nSPS) is 11.1. The summed E-state index contributed by atoms with van der Waals surface area (Å²) in [6, 6.07) is 9.87. The smallest absolute Gasteiger partial charge is 0.186 e. The standard InChI is InChI=1S/C20H22N6O2S/c1-12-6-13(2)19-17(7-12)29-20(21-19)25(3)11-18-22-23-24-26(18)14-8-15(27-4)10-16(9-14)28-5/h6-10H,11H2,1-5H3. The number of hydrogen-bond donors (Lipinski definition) is 0. The van der Waals surface area contributed by atoms with Crippen LogP contribution in [0.3, 0.4) is 0 Å². The molecule has 0 saturated carbocycles. The van der Waals surface area contributed by atoms with Crippen molar-refractivity contribution in [2.24, 2.45) is 0 Å². The number of rotatable bonds is 6. The molecule has 0 saturated heterocycles. The van der Waals surface area contributed by atoms with Crippen molar-refractivity contribution in [1.82, 2.24) is 25.2 Å². The van der Waals surface area contributed by atoms with Crippen molar-refractivity contribution in [3.8, 4) is 17.2 Å². The number of nitrogens with zero attached hydrogens (tertiary/aromatic N) is 6. The summed E-state index contributed by atoms with van der Waals surface area (Å²) in [5.74, 6) is 2.03. The van der Waals surface area contributed by atoms with Gasteiger partial charge in [0.15, 0.2) is 11.0 Å². The molecule has 0 radical (unpaired) electrons. The number of methoxy groups -OCH3 is 2. The largest absolute Gasteiger partial charge is 0.497 e. The quantitative estimate of drug-likeness (QED) is 0.481. The summed E-state index contributed by atoms with van der Waals surface area (Å²) < 4.78 is 13.6. The monoisotopic (exact) mass is 410 g/mol. The van der Waals surface area contributed by atoms with Gasteiger partial charge in [-0.15, -0.1) is 5.10 Å². The molecular weight excluding hydrogens is 388 g/mol. The van der Waals surface area contributed by atoms with Gasteiger partial charge in [0, 0.05) is 25.2 Å². The van der Waals surface area contributed by atoms with Crippen LogP contribution in [0.15, 0.2) is 30.3 Å². The molecule has 2 aromatic heterocycles. The first-order chi connectivity index (χ1) is 14.0. The minimum Gasteiger partial charge on any atom is -0.497 e. The van der Waals surface area contributed by atoms with E-state index in [9.17, 15) is 0 Å². The molecule has 0 bridgehead atoms. The molecule has 4 aromatic rings. The lowest BCUT2D eigenvalue weighted by Crippen LogP contribution is -2.19. The van der Waals surface area contributed by atoms with Gasteiger partial charge in [-0.25, -0.2) is 4.98 Å². The minimum absolute atomic E-state index is 0.504. The van der Waals surface area contributed by atoms with Crippen molar-refractivity contribution in [3.05, 3.63) is 47.3 Å². The molecular formula is C20H22N6O2S. The van der Waals surface area contributed by atoms with Crippen LogP contribution in [0.1, 0.15) is 17.0 Å². The molecule has 0 N–H and O–H groups in total. The van der Waals surface area contributed by atoms with E-state index in [0.29, 0.717) is 23.9 Å². The number of thiazole rings is 1. The van der Waals surface area contributed by atoms with Gasteiger partial charge in [0.05, 0.1) is 36.7 Å². The van der Waals surface area contributed by atoms with Crippen molar-refractivity contribution in [2.75, 3.05) is 26.2 Å². The summed E-state index contributed by atoms with van der Waals surface area (Å²) >= 11 is 1.67. The zero-order chi connectivity index (χ0) is 20.5. The number of benzene rings is 2. The maximum atomic E-state index is 5.36. The van der Waals surface area contributed by atoms with Gasteiger partial charge in [-0.1, -0.05) is 17.4 Å². The molecule has 0 aliphatic rings. The number of tetrazole rings is 1. The number of anilines is 1. The number of hydrogen-bond acceptors (Lipinski definition) is 8. The van der Waals surface area contributed by atoms with E-state index in [0.717, 1.165) is 16.3 Å². The number of aromatic nitrogens is 5. The highest BCUT2D eigenvalue weighted by Gasteiger charge is 2.16. The lowest BCUT2D eigenvalue weighted by atomic mass is 10.1. The topological polar surface area (TPSA) is 78.2 Å². The first-order valence-electron chi connectivity index (χ1n) is 9.08. The maximum absolute atomic E-state index is 5.36. The minimum atomic E-state index is 0.504. The second kappa shape index (κ2) is 7.67. The van der Waals surface area contributed by atoms with Gasteiger partial charge in [0.25, 0.3) is 0 Å². The van der Waals surface area contributed by atoms with Gasteiger partial charge in [-0.05, 0) is 41.5 Å². The maximum Gasteiger partial charge on any atom is 0.186 e. The third-order valence-electron chi connectivity index (χ3n) is 4.64. The molecule has 0 spiro atoms. The molecule has 0 unspecified atom stereocenters. The van der Waals surface area contributed by atoms with Crippen molar-refractivity contribution in [3.63, 3.8) is 0 Å². The van der Waals surface area contributed by atoms with E-state index in [2.05, 4.69) is 46.4 Å². The molecule has 0 fully saturated rings. The van der Waals surface area contributed by atoms with Gasteiger partial charge in [0.2, 0.25) is 0 Å². The SMILES string of the molecule is COc1cc(OC)cc(-n2nnnc2CN(C)c2nc3c(C)cc(C)cc3s2)c1. The first-order valence-corrected chi connectivity index (χ1v) is 9.89. The molecule has 2 aromatic carbocycles. The molecule has 4 rings (SSSR count). The van der Waals surface area contributed by atoms with Crippen LogP contribution in [0.2, 0.25) is 0 Å². The molecule has 0 amide bonds. The zero-order valence-electron chi connectivity index (χ0n) is 17.0. The van der Waals surface area contributed by atoms with Crippen LogP contribution in [0.25, 0.3) is 15.9 Å². The molecule has 9 heteroatoms. The third-order valence-corrected chi connectivity index (χ3v) is 5.76. The number of fused-ring (bicyclic) bond motifs is 1. The molecule has 0 atom stereocenters. The van der Waals surface area contributed by atoms with Crippen molar-refractivity contribution < 1.29 is 9.47 Å². The highest BCUT2D eigenvalue weighted by Crippen LogP contribution is 2.32. The highest BCUT2D eigenvalue weighted by molar-refractivity contribution is 7.22.